The Balaban J connectivity index is 1.68. The number of allylic oxidation sites excluding steroid dienone is 2. The molecule has 0 amide bonds. The van der Waals surface area contributed by atoms with Crippen molar-refractivity contribution in [3.63, 3.8) is 0 Å². The third-order valence-electron chi connectivity index (χ3n) is 7.62. The van der Waals surface area contributed by atoms with Crippen molar-refractivity contribution in [2.24, 2.45) is 28.6 Å². The van der Waals surface area contributed by atoms with Gasteiger partial charge in [0.1, 0.15) is 11.6 Å². The van der Waals surface area contributed by atoms with Crippen LogP contribution in [-0.2, 0) is 9.59 Å². The van der Waals surface area contributed by atoms with Crippen molar-refractivity contribution in [3.8, 4) is 0 Å². The third kappa shape index (κ3) is 1.71. The Kier molecular flexibility index (Phi) is 2.81. The van der Waals surface area contributed by atoms with E-state index in [0.717, 1.165) is 25.7 Å². The van der Waals surface area contributed by atoms with Crippen LogP contribution in [0.25, 0.3) is 0 Å². The Morgan fingerprint density at radius 2 is 1.90 bits per heavy atom. The number of fused-ring (bicyclic) bond motifs is 5. The largest absolute Gasteiger partial charge is 0.300 e. The van der Waals surface area contributed by atoms with Crippen molar-refractivity contribution in [1.29, 1.82) is 0 Å². The average Bonchev–Trinajstić information content (AvgIpc) is 2.76. The molecule has 2 heteroatoms. The Hall–Kier alpha value is -0.920. The third-order valence-corrected chi connectivity index (χ3v) is 7.62. The molecule has 0 bridgehead atoms. The Bertz CT molecular complexity index is 546. The van der Waals surface area contributed by atoms with E-state index in [1.165, 1.54) is 24.8 Å². The number of Topliss-reactive ketones (excluding diaryl/α,β-unsaturated/α-hetero) is 2. The van der Waals surface area contributed by atoms with Crippen LogP contribution in [0.1, 0.15) is 65.2 Å². The molecule has 0 aromatic heterocycles. The van der Waals surface area contributed by atoms with E-state index in [1.54, 1.807) is 0 Å². The van der Waals surface area contributed by atoms with Crippen LogP contribution in [0.15, 0.2) is 11.6 Å². The molecule has 3 saturated carbocycles. The van der Waals surface area contributed by atoms with E-state index in [1.807, 2.05) is 0 Å². The molecule has 0 spiro atoms. The summed E-state index contributed by atoms with van der Waals surface area (Å²) in [5.74, 6) is 2.84. The van der Waals surface area contributed by atoms with E-state index in [2.05, 4.69) is 19.9 Å². The van der Waals surface area contributed by atoms with Crippen molar-refractivity contribution in [2.45, 2.75) is 65.2 Å². The van der Waals surface area contributed by atoms with E-state index in [0.29, 0.717) is 41.2 Å². The van der Waals surface area contributed by atoms with Gasteiger partial charge in [-0.1, -0.05) is 18.6 Å². The van der Waals surface area contributed by atoms with Gasteiger partial charge in [-0.2, -0.15) is 0 Å². The maximum Gasteiger partial charge on any atom is 0.146 e. The lowest BCUT2D eigenvalue weighted by molar-refractivity contribution is -0.133. The number of carbonyl (C=O) groups excluding carboxylic acids is 2. The molecule has 2 nitrogen and oxygen atoms in total. The van der Waals surface area contributed by atoms with E-state index in [4.69, 9.17) is 0 Å². The zero-order valence-electron chi connectivity index (χ0n) is 13.3. The van der Waals surface area contributed by atoms with Gasteiger partial charge in [-0.25, -0.2) is 0 Å². The highest BCUT2D eigenvalue weighted by Gasteiger charge is 2.57. The molecule has 0 unspecified atom stereocenters. The Morgan fingerprint density at radius 3 is 2.71 bits per heavy atom. The molecule has 21 heavy (non-hydrogen) atoms. The summed E-state index contributed by atoms with van der Waals surface area (Å²) in [6, 6.07) is 0. The van der Waals surface area contributed by atoms with Gasteiger partial charge in [0.05, 0.1) is 0 Å². The molecule has 5 atom stereocenters. The maximum atomic E-state index is 12.3. The fraction of sp³-hybridized carbons (Fsp3) is 0.789. The summed E-state index contributed by atoms with van der Waals surface area (Å²) in [4.78, 5) is 24.2. The van der Waals surface area contributed by atoms with E-state index < -0.39 is 0 Å². The summed E-state index contributed by atoms with van der Waals surface area (Å²) in [5.41, 5.74) is 1.67. The highest BCUT2D eigenvalue weighted by Crippen LogP contribution is 2.63. The van der Waals surface area contributed by atoms with Gasteiger partial charge in [0, 0.05) is 24.7 Å². The molecule has 0 heterocycles. The second kappa shape index (κ2) is 4.30. The summed E-state index contributed by atoms with van der Waals surface area (Å²) in [6.07, 6.45) is 10.2. The van der Waals surface area contributed by atoms with E-state index in [-0.39, 0.29) is 5.41 Å². The minimum atomic E-state index is -0.144. The Labute approximate surface area is 127 Å². The highest BCUT2D eigenvalue weighted by atomic mass is 16.1. The van der Waals surface area contributed by atoms with E-state index in [9.17, 15) is 9.59 Å². The monoisotopic (exact) mass is 286 g/mol. The standard InChI is InChI=1S/C19H26O2/c1-18-9-7-13(20)11-12(18)3-4-14-15-5-6-17(21)19(15,2)10-8-16(14)18/h5,12,14,16H,3-4,6-11H2,1-2H3/t12-,14+,16+,18+,19+/m1/s1. The lowest BCUT2D eigenvalue weighted by Crippen LogP contribution is -2.51. The predicted molar refractivity (Wildman–Crippen MR) is 81.7 cm³/mol. The molecule has 0 aromatic rings. The number of rotatable bonds is 0. The predicted octanol–water partition coefficient (Wildman–Crippen LogP) is 4.09. The van der Waals surface area contributed by atoms with Crippen LogP contribution < -0.4 is 0 Å². The van der Waals surface area contributed by atoms with Crippen LogP contribution in [-0.4, -0.2) is 11.6 Å². The summed E-state index contributed by atoms with van der Waals surface area (Å²) >= 11 is 0. The fourth-order valence-corrected chi connectivity index (χ4v) is 6.19. The number of ketones is 2. The van der Waals surface area contributed by atoms with Crippen LogP contribution in [0.2, 0.25) is 0 Å². The molecule has 0 saturated heterocycles. The molecule has 0 radical (unpaired) electrons. The van der Waals surface area contributed by atoms with Crippen molar-refractivity contribution in [3.05, 3.63) is 11.6 Å². The van der Waals surface area contributed by atoms with Crippen LogP contribution >= 0.6 is 0 Å². The smallest absolute Gasteiger partial charge is 0.146 e. The average molecular weight is 286 g/mol. The van der Waals surface area contributed by atoms with Gasteiger partial charge in [0.15, 0.2) is 0 Å². The SMILES string of the molecule is C[C@]12CC[C@H]3[C@@H](CC[C@@H]4CC(=O)CC[C@@]43C)C1=CCC2=O. The second-order valence-corrected chi connectivity index (χ2v) is 8.39. The molecule has 0 aromatic carbocycles. The molecule has 4 aliphatic rings. The van der Waals surface area contributed by atoms with Crippen molar-refractivity contribution >= 4 is 11.6 Å². The summed E-state index contributed by atoms with van der Waals surface area (Å²) in [6.45, 7) is 4.63. The molecule has 114 valence electrons. The summed E-state index contributed by atoms with van der Waals surface area (Å²) < 4.78 is 0. The summed E-state index contributed by atoms with van der Waals surface area (Å²) in [7, 11) is 0. The van der Waals surface area contributed by atoms with Gasteiger partial charge in [-0.05, 0) is 62.2 Å². The maximum absolute atomic E-state index is 12.3. The summed E-state index contributed by atoms with van der Waals surface area (Å²) in [5, 5.41) is 0. The number of hydrogen-bond acceptors (Lipinski definition) is 2. The van der Waals surface area contributed by atoms with Gasteiger partial charge in [0.25, 0.3) is 0 Å². The topological polar surface area (TPSA) is 34.1 Å². The van der Waals surface area contributed by atoms with Crippen molar-refractivity contribution in [1.82, 2.24) is 0 Å². The Morgan fingerprint density at radius 1 is 1.10 bits per heavy atom. The van der Waals surface area contributed by atoms with Gasteiger partial charge in [-0.3, -0.25) is 9.59 Å². The molecule has 4 aliphatic carbocycles. The first-order valence-electron chi connectivity index (χ1n) is 8.71. The zero-order chi connectivity index (χ0) is 14.8. The highest BCUT2D eigenvalue weighted by molar-refractivity contribution is 5.92. The zero-order valence-corrected chi connectivity index (χ0v) is 13.3. The van der Waals surface area contributed by atoms with Crippen molar-refractivity contribution < 1.29 is 9.59 Å². The quantitative estimate of drug-likeness (QED) is 0.629. The first-order valence-corrected chi connectivity index (χ1v) is 8.71. The lowest BCUT2D eigenvalue weighted by Gasteiger charge is -2.57. The van der Waals surface area contributed by atoms with Crippen LogP contribution in [0.5, 0.6) is 0 Å². The van der Waals surface area contributed by atoms with Gasteiger partial charge in [0.2, 0.25) is 0 Å². The minimum Gasteiger partial charge on any atom is -0.300 e. The lowest BCUT2D eigenvalue weighted by atomic mass is 9.46. The molecule has 0 aliphatic heterocycles. The van der Waals surface area contributed by atoms with Crippen molar-refractivity contribution in [2.75, 3.05) is 0 Å². The molecule has 3 fully saturated rings. The van der Waals surface area contributed by atoms with Crippen LogP contribution in [0.4, 0.5) is 0 Å². The first kappa shape index (κ1) is 13.7. The number of hydrogen-bond donors (Lipinski definition) is 0. The second-order valence-electron chi connectivity index (χ2n) is 8.39. The fourth-order valence-electron chi connectivity index (χ4n) is 6.19. The van der Waals surface area contributed by atoms with Gasteiger partial charge < -0.3 is 0 Å². The normalized spacial score (nSPS) is 49.2. The molecule has 0 N–H and O–H groups in total. The van der Waals surface area contributed by atoms with E-state index >= 15 is 0 Å². The van der Waals surface area contributed by atoms with Crippen LogP contribution in [0.3, 0.4) is 0 Å². The van der Waals surface area contributed by atoms with Gasteiger partial charge >= 0.3 is 0 Å². The molecular formula is C19H26O2. The molecule has 4 rings (SSSR count). The minimum absolute atomic E-state index is 0.144. The van der Waals surface area contributed by atoms with Crippen LogP contribution in [0, 0.1) is 28.6 Å². The first-order chi connectivity index (χ1) is 9.95. The number of carbonyl (C=O) groups is 2. The van der Waals surface area contributed by atoms with Gasteiger partial charge in [-0.15, -0.1) is 0 Å². The molecular weight excluding hydrogens is 260 g/mol.